The predicted octanol–water partition coefficient (Wildman–Crippen LogP) is 18.3. The molecule has 9 heteroatoms. The molecular weight excluding hydrogens is 889 g/mol. The number of rotatable bonds is 4. The lowest BCUT2D eigenvalue weighted by atomic mass is 9.85. The highest BCUT2D eigenvalue weighted by Crippen LogP contribution is 2.47. The van der Waals surface area contributed by atoms with Gasteiger partial charge in [-0.15, -0.1) is 0 Å². The Labute approximate surface area is 406 Å². The minimum Gasteiger partial charge on any atom is -0.309 e. The molecule has 0 saturated carbocycles. The molecule has 0 bridgehead atoms. The molecule has 2 heterocycles. The quantitative estimate of drug-likeness (QED) is 0.162. The average molecular weight is 946 g/mol. The molecule has 0 unspecified atom stereocenters. The van der Waals surface area contributed by atoms with Gasteiger partial charge in [-0.05, 0) is 146 Å². The number of fused-ring (bicyclic) bond motifs is 6. The van der Waals surface area contributed by atoms with Gasteiger partial charge in [-0.25, -0.2) is 0 Å². The molecule has 0 atom stereocenters. The summed E-state index contributed by atoms with van der Waals surface area (Å²) in [7, 11) is 0. The smallest absolute Gasteiger partial charge is 0.309 e. The molecule has 0 saturated heterocycles. The summed E-state index contributed by atoms with van der Waals surface area (Å²) in [6.45, 7) is 26.0. The first-order chi connectivity index (χ1) is 32.4. The average Bonchev–Trinajstić information content (AvgIpc) is 3.78. The SMILES string of the molecule is CC(C)(C)c1ccc2c(c1)c1cc(C(C)(C)C)ccc1n2-c1ccc(C#N)cc1-c1cc(-c2ccc(C(F)(F)F)cc2C(F)(F)F)ccc1-n1c2ccc(C(C)(C)C)cc2c2cc(C(C)(C)C)ccc21. The molecule has 0 aliphatic heterocycles. The molecule has 0 aliphatic rings. The van der Waals surface area contributed by atoms with Crippen LogP contribution in [0.5, 0.6) is 0 Å². The van der Waals surface area contributed by atoms with Crippen LogP contribution in [0.1, 0.15) is 122 Å². The first-order valence-corrected chi connectivity index (χ1v) is 23.6. The normalized spacial score (nSPS) is 13.3. The molecule has 9 rings (SSSR count). The van der Waals surface area contributed by atoms with Crippen LogP contribution in [0, 0.1) is 11.3 Å². The molecule has 0 aliphatic carbocycles. The van der Waals surface area contributed by atoms with Crippen molar-refractivity contribution in [3.63, 3.8) is 0 Å². The van der Waals surface area contributed by atoms with E-state index in [4.69, 9.17) is 0 Å². The summed E-state index contributed by atoms with van der Waals surface area (Å²) >= 11 is 0. The van der Waals surface area contributed by atoms with E-state index in [-0.39, 0.29) is 33.3 Å². The fourth-order valence-corrected chi connectivity index (χ4v) is 9.77. The minimum absolute atomic E-state index is 0.0609. The summed E-state index contributed by atoms with van der Waals surface area (Å²) in [4.78, 5) is 0. The number of nitrogens with zero attached hydrogens (tertiary/aromatic N) is 3. The number of hydrogen-bond acceptors (Lipinski definition) is 1. The number of aromatic nitrogens is 2. The number of benzene rings is 7. The van der Waals surface area contributed by atoms with Crippen molar-refractivity contribution in [2.24, 2.45) is 0 Å². The Bertz CT molecular complexity index is 3470. The molecule has 9 aromatic rings. The molecule has 70 heavy (non-hydrogen) atoms. The lowest BCUT2D eigenvalue weighted by Crippen LogP contribution is -2.12. The van der Waals surface area contributed by atoms with Crippen LogP contribution in [0.15, 0.2) is 127 Å². The lowest BCUT2D eigenvalue weighted by Gasteiger charge is -2.22. The van der Waals surface area contributed by atoms with Crippen LogP contribution in [0.4, 0.5) is 26.3 Å². The third-order valence-corrected chi connectivity index (χ3v) is 13.9. The van der Waals surface area contributed by atoms with Crippen molar-refractivity contribution in [3.8, 4) is 39.7 Å². The van der Waals surface area contributed by atoms with E-state index in [1.54, 1.807) is 30.3 Å². The minimum atomic E-state index is -5.12. The van der Waals surface area contributed by atoms with Crippen molar-refractivity contribution < 1.29 is 26.3 Å². The molecule has 0 radical (unpaired) electrons. The van der Waals surface area contributed by atoms with Gasteiger partial charge in [0, 0.05) is 32.7 Å². The molecule has 2 aromatic heterocycles. The fraction of sp³-hybridized carbons (Fsp3) is 0.295. The van der Waals surface area contributed by atoms with Gasteiger partial charge in [0.25, 0.3) is 0 Å². The Morgan fingerprint density at radius 2 is 0.714 bits per heavy atom. The monoisotopic (exact) mass is 945 g/mol. The molecule has 0 amide bonds. The van der Waals surface area contributed by atoms with Crippen LogP contribution in [-0.4, -0.2) is 9.13 Å². The maximum absolute atomic E-state index is 15.0. The summed E-state index contributed by atoms with van der Waals surface area (Å²) in [6.07, 6.45) is -10.1. The Morgan fingerprint density at radius 1 is 0.357 bits per heavy atom. The van der Waals surface area contributed by atoms with Gasteiger partial charge in [0.1, 0.15) is 0 Å². The summed E-state index contributed by atoms with van der Waals surface area (Å²) < 4.78 is 91.6. The highest BCUT2D eigenvalue weighted by atomic mass is 19.4. The summed E-state index contributed by atoms with van der Waals surface area (Å²) in [6, 6.07) is 40.2. The van der Waals surface area contributed by atoms with Crippen LogP contribution in [0.25, 0.3) is 77.2 Å². The maximum Gasteiger partial charge on any atom is 0.417 e. The van der Waals surface area contributed by atoms with Crippen molar-refractivity contribution in [2.45, 2.75) is 117 Å². The predicted molar refractivity (Wildman–Crippen MR) is 276 cm³/mol. The highest BCUT2D eigenvalue weighted by molar-refractivity contribution is 6.12. The molecular formula is C61H57F6N3. The third-order valence-electron chi connectivity index (χ3n) is 13.9. The van der Waals surface area contributed by atoms with E-state index in [9.17, 15) is 18.4 Å². The van der Waals surface area contributed by atoms with Crippen molar-refractivity contribution in [1.82, 2.24) is 9.13 Å². The Kier molecular flexibility index (Phi) is 11.1. The van der Waals surface area contributed by atoms with Crippen LogP contribution < -0.4 is 0 Å². The molecule has 3 nitrogen and oxygen atoms in total. The van der Waals surface area contributed by atoms with Crippen LogP contribution in [0.2, 0.25) is 0 Å². The highest BCUT2D eigenvalue weighted by Gasteiger charge is 2.39. The van der Waals surface area contributed by atoms with Crippen molar-refractivity contribution in [1.29, 1.82) is 5.26 Å². The van der Waals surface area contributed by atoms with Gasteiger partial charge in [0.05, 0.1) is 56.2 Å². The topological polar surface area (TPSA) is 33.6 Å². The largest absolute Gasteiger partial charge is 0.417 e. The van der Waals surface area contributed by atoms with Crippen molar-refractivity contribution in [3.05, 3.63) is 166 Å². The number of hydrogen-bond donors (Lipinski definition) is 0. The Morgan fingerprint density at radius 3 is 1.06 bits per heavy atom. The fourth-order valence-electron chi connectivity index (χ4n) is 9.77. The van der Waals surface area contributed by atoms with Gasteiger partial charge in [0.15, 0.2) is 0 Å². The second-order valence-electron chi connectivity index (χ2n) is 22.9. The standard InChI is InChI=1S/C61H57F6N3/c1-56(2,3)37-16-23-52-45(29-37)46-30-38(57(4,5)6)17-24-53(46)69(52)50-21-13-35(34-68)27-43(50)44-28-36(42-20-15-41(60(62,63)64)33-49(42)61(65,66)67)14-22-51(44)70-54-25-18-39(58(7,8)9)31-47(54)48-32-40(59(10,11)12)19-26-55(48)70/h13-33H,1-12H3. The van der Waals surface area contributed by atoms with Gasteiger partial charge in [-0.2, -0.15) is 31.6 Å². The number of alkyl halides is 6. The lowest BCUT2D eigenvalue weighted by molar-refractivity contribution is -0.142. The third kappa shape index (κ3) is 8.43. The van der Waals surface area contributed by atoms with E-state index in [1.807, 2.05) is 6.07 Å². The van der Waals surface area contributed by atoms with Gasteiger partial charge in [-0.1, -0.05) is 119 Å². The van der Waals surface area contributed by atoms with Crippen LogP contribution in [-0.2, 0) is 34.0 Å². The Hall–Kier alpha value is -6.79. The molecule has 358 valence electrons. The van der Waals surface area contributed by atoms with Crippen LogP contribution >= 0.6 is 0 Å². The first-order valence-electron chi connectivity index (χ1n) is 23.6. The van der Waals surface area contributed by atoms with Gasteiger partial charge < -0.3 is 9.13 Å². The summed E-state index contributed by atoms with van der Waals surface area (Å²) in [5, 5.41) is 14.6. The van der Waals surface area contributed by atoms with Gasteiger partial charge in [0.2, 0.25) is 0 Å². The van der Waals surface area contributed by atoms with Gasteiger partial charge >= 0.3 is 12.4 Å². The van der Waals surface area contributed by atoms with Crippen molar-refractivity contribution in [2.75, 3.05) is 0 Å². The molecule has 7 aromatic carbocycles. The number of halogens is 6. The maximum atomic E-state index is 15.0. The summed E-state index contributed by atoms with van der Waals surface area (Å²) in [5.74, 6) is 0. The zero-order chi connectivity index (χ0) is 50.8. The zero-order valence-electron chi connectivity index (χ0n) is 41.7. The Balaban J connectivity index is 1.45. The van der Waals surface area contributed by atoms with Crippen molar-refractivity contribution >= 4 is 43.6 Å². The molecule has 0 N–H and O–H groups in total. The number of nitriles is 1. The van der Waals surface area contributed by atoms with E-state index in [1.165, 1.54) is 0 Å². The van der Waals surface area contributed by atoms with Crippen LogP contribution in [0.3, 0.4) is 0 Å². The van der Waals surface area contributed by atoms with E-state index < -0.39 is 29.0 Å². The first kappa shape index (κ1) is 48.2. The van der Waals surface area contributed by atoms with E-state index >= 15 is 13.2 Å². The zero-order valence-corrected chi connectivity index (χ0v) is 41.7. The van der Waals surface area contributed by atoms with E-state index in [0.29, 0.717) is 34.1 Å². The second-order valence-corrected chi connectivity index (χ2v) is 22.9. The summed E-state index contributed by atoms with van der Waals surface area (Å²) in [5.41, 5.74) is 6.77. The molecule has 0 fully saturated rings. The molecule has 0 spiro atoms. The van der Waals surface area contributed by atoms with E-state index in [0.717, 1.165) is 71.9 Å². The second kappa shape index (κ2) is 16.1. The van der Waals surface area contributed by atoms with Gasteiger partial charge in [-0.3, -0.25) is 0 Å². The van der Waals surface area contributed by atoms with E-state index in [2.05, 4.69) is 171 Å².